The molecule has 2 aliphatic heterocycles. The van der Waals surface area contributed by atoms with E-state index in [4.69, 9.17) is 0 Å². The van der Waals surface area contributed by atoms with Crippen LogP contribution < -0.4 is 15.5 Å². The Balaban J connectivity index is 1.55. The topological polar surface area (TPSA) is 64.7 Å². The van der Waals surface area contributed by atoms with Crippen LogP contribution in [0.25, 0.3) is 0 Å². The Labute approximate surface area is 188 Å². The van der Waals surface area contributed by atoms with Crippen LogP contribution in [0.5, 0.6) is 0 Å². The fourth-order valence-electron chi connectivity index (χ4n) is 4.44. The minimum Gasteiger partial charge on any atom is -0.371 e. The fourth-order valence-corrected chi connectivity index (χ4v) is 4.44. The smallest absolute Gasteiger partial charge is 0.323 e. The van der Waals surface area contributed by atoms with Gasteiger partial charge in [-0.1, -0.05) is 13.0 Å². The zero-order valence-electron chi connectivity index (χ0n) is 18.6. The van der Waals surface area contributed by atoms with Crippen molar-refractivity contribution in [3.05, 3.63) is 53.8 Å². The van der Waals surface area contributed by atoms with Crippen molar-refractivity contribution in [1.82, 2.24) is 4.90 Å². The highest BCUT2D eigenvalue weighted by atomic mass is 19.1. The molecule has 0 spiro atoms. The Morgan fingerprint density at radius 1 is 0.906 bits per heavy atom. The first-order valence-electron chi connectivity index (χ1n) is 11.5. The van der Waals surface area contributed by atoms with Gasteiger partial charge in [0.15, 0.2) is 0 Å². The number of hydrogen-bond acceptors (Lipinski definition) is 3. The maximum atomic E-state index is 13.5. The molecule has 2 aromatic carbocycles. The van der Waals surface area contributed by atoms with Crippen LogP contribution >= 0.6 is 0 Å². The summed E-state index contributed by atoms with van der Waals surface area (Å²) >= 11 is 0. The number of carbonyl (C=O) groups is 2. The van der Waals surface area contributed by atoms with E-state index in [-0.39, 0.29) is 5.91 Å². The maximum Gasteiger partial charge on any atom is 0.323 e. The van der Waals surface area contributed by atoms with Crippen LogP contribution in [0.4, 0.5) is 26.2 Å². The summed E-state index contributed by atoms with van der Waals surface area (Å²) < 4.78 is 13.4. The first kappa shape index (κ1) is 22.1. The average Bonchev–Trinajstić information content (AvgIpc) is 2.79. The van der Waals surface area contributed by atoms with Crippen LogP contribution in [0.3, 0.4) is 0 Å². The van der Waals surface area contributed by atoms with E-state index in [0.29, 0.717) is 22.9 Å². The summed E-state index contributed by atoms with van der Waals surface area (Å²) in [5, 5.41) is 5.41. The van der Waals surface area contributed by atoms with Gasteiger partial charge in [0.1, 0.15) is 5.82 Å². The molecule has 0 atom stereocenters. The lowest BCUT2D eigenvalue weighted by atomic mass is 9.98. The highest BCUT2D eigenvalue weighted by molar-refractivity contribution is 6.04. The van der Waals surface area contributed by atoms with Crippen molar-refractivity contribution < 1.29 is 14.0 Å². The van der Waals surface area contributed by atoms with E-state index in [0.717, 1.165) is 57.5 Å². The van der Waals surface area contributed by atoms with Crippen molar-refractivity contribution in [2.75, 3.05) is 41.7 Å². The predicted octanol–water partition coefficient (Wildman–Crippen LogP) is 5.33. The minimum atomic E-state index is -0.480. The molecule has 170 valence electrons. The molecular weight excluding hydrogens is 407 g/mol. The molecule has 0 saturated carbocycles. The molecule has 32 heavy (non-hydrogen) atoms. The Hall–Kier alpha value is -3.09. The monoisotopic (exact) mass is 438 g/mol. The quantitative estimate of drug-likeness (QED) is 0.678. The molecule has 2 fully saturated rings. The van der Waals surface area contributed by atoms with Gasteiger partial charge in [-0.05, 0) is 74.4 Å². The van der Waals surface area contributed by atoms with Gasteiger partial charge in [-0.15, -0.1) is 0 Å². The molecule has 0 aromatic heterocycles. The van der Waals surface area contributed by atoms with Crippen molar-refractivity contribution in [1.29, 1.82) is 0 Å². The first-order valence-corrected chi connectivity index (χ1v) is 11.5. The number of piperidine rings is 2. The molecule has 2 N–H and O–H groups in total. The first-order chi connectivity index (χ1) is 15.5. The Kier molecular flexibility index (Phi) is 6.93. The van der Waals surface area contributed by atoms with Crippen LogP contribution in [0.1, 0.15) is 49.4 Å². The molecule has 0 radical (unpaired) electrons. The molecule has 0 aliphatic carbocycles. The number of nitrogens with one attached hydrogen (secondary N) is 2. The highest BCUT2D eigenvalue weighted by Gasteiger charge is 2.26. The summed E-state index contributed by atoms with van der Waals surface area (Å²) in [5.41, 5.74) is 2.47. The van der Waals surface area contributed by atoms with E-state index in [1.165, 1.54) is 24.6 Å². The van der Waals surface area contributed by atoms with Crippen molar-refractivity contribution in [2.45, 2.75) is 39.0 Å². The number of rotatable bonds is 4. The average molecular weight is 439 g/mol. The van der Waals surface area contributed by atoms with Gasteiger partial charge in [0, 0.05) is 43.2 Å². The predicted molar refractivity (Wildman–Crippen MR) is 126 cm³/mol. The molecule has 2 aromatic rings. The number of halogens is 1. The van der Waals surface area contributed by atoms with Gasteiger partial charge in [0.2, 0.25) is 0 Å². The molecule has 3 amide bonds. The number of benzene rings is 2. The van der Waals surface area contributed by atoms with Crippen LogP contribution in [0, 0.1) is 11.7 Å². The van der Waals surface area contributed by atoms with Crippen LogP contribution in [0.15, 0.2) is 42.5 Å². The van der Waals surface area contributed by atoms with Crippen molar-refractivity contribution in [3.63, 3.8) is 0 Å². The molecule has 2 aliphatic rings. The number of urea groups is 1. The fraction of sp³-hybridized carbons (Fsp3) is 0.440. The number of carbonyl (C=O) groups excluding carboxylic acids is 2. The maximum absolute atomic E-state index is 13.5. The molecule has 2 saturated heterocycles. The Bertz CT molecular complexity index is 966. The third-order valence-corrected chi connectivity index (χ3v) is 6.33. The third kappa shape index (κ3) is 5.39. The van der Waals surface area contributed by atoms with E-state index >= 15 is 0 Å². The van der Waals surface area contributed by atoms with Gasteiger partial charge in [-0.3, -0.25) is 4.79 Å². The van der Waals surface area contributed by atoms with Crippen molar-refractivity contribution >= 4 is 29.0 Å². The summed E-state index contributed by atoms with van der Waals surface area (Å²) in [6.45, 7) is 5.62. The molecule has 2 heterocycles. The van der Waals surface area contributed by atoms with Gasteiger partial charge < -0.3 is 20.4 Å². The zero-order valence-corrected chi connectivity index (χ0v) is 18.6. The van der Waals surface area contributed by atoms with Crippen LogP contribution in [0.2, 0.25) is 0 Å². The molecular formula is C25H31FN4O2. The van der Waals surface area contributed by atoms with E-state index in [1.54, 1.807) is 12.1 Å². The second-order valence-corrected chi connectivity index (χ2v) is 8.84. The molecule has 6 nitrogen and oxygen atoms in total. The summed E-state index contributed by atoms with van der Waals surface area (Å²) in [6, 6.07) is 10.8. The largest absolute Gasteiger partial charge is 0.371 e. The van der Waals surface area contributed by atoms with E-state index in [2.05, 4.69) is 22.5 Å². The van der Waals surface area contributed by atoms with Gasteiger partial charge in [0.25, 0.3) is 5.91 Å². The summed E-state index contributed by atoms with van der Waals surface area (Å²) in [7, 11) is 0. The van der Waals surface area contributed by atoms with Gasteiger partial charge in [-0.2, -0.15) is 0 Å². The normalized spacial score (nSPS) is 17.2. The molecule has 7 heteroatoms. The lowest BCUT2D eigenvalue weighted by molar-refractivity contribution is 0.0697. The highest BCUT2D eigenvalue weighted by Crippen LogP contribution is 2.30. The number of amides is 3. The number of likely N-dealkylation sites (tertiary alicyclic amines) is 1. The molecule has 0 unspecified atom stereocenters. The number of hydrogen-bond donors (Lipinski definition) is 2. The van der Waals surface area contributed by atoms with Crippen molar-refractivity contribution in [3.8, 4) is 0 Å². The van der Waals surface area contributed by atoms with Crippen molar-refractivity contribution in [2.24, 2.45) is 5.92 Å². The number of anilines is 3. The molecule has 0 bridgehead atoms. The second-order valence-electron chi connectivity index (χ2n) is 8.84. The van der Waals surface area contributed by atoms with Gasteiger partial charge in [-0.25, -0.2) is 9.18 Å². The minimum absolute atomic E-state index is 0.0201. The van der Waals surface area contributed by atoms with E-state index in [9.17, 15) is 14.0 Å². The third-order valence-electron chi connectivity index (χ3n) is 6.33. The van der Waals surface area contributed by atoms with Crippen LogP contribution in [-0.2, 0) is 0 Å². The van der Waals surface area contributed by atoms with Crippen LogP contribution in [-0.4, -0.2) is 43.0 Å². The van der Waals surface area contributed by atoms with E-state index < -0.39 is 11.8 Å². The van der Waals surface area contributed by atoms with E-state index in [1.807, 2.05) is 17.0 Å². The summed E-state index contributed by atoms with van der Waals surface area (Å²) in [6.07, 6.45) is 5.47. The second kappa shape index (κ2) is 10.0. The van der Waals surface area contributed by atoms with Gasteiger partial charge in [0.05, 0.1) is 5.56 Å². The summed E-state index contributed by atoms with van der Waals surface area (Å²) in [4.78, 5) is 30.1. The van der Waals surface area contributed by atoms with Gasteiger partial charge >= 0.3 is 6.03 Å². The molecule has 4 rings (SSSR count). The number of nitrogens with zero attached hydrogens (tertiary/aromatic N) is 2. The Morgan fingerprint density at radius 3 is 2.28 bits per heavy atom. The lowest BCUT2D eigenvalue weighted by Gasteiger charge is -2.34. The standard InChI is InChI=1S/C25H31FN4O2/c1-18-10-14-30(15-11-18)24(31)22-17-21(8-9-23(22)29-12-3-2-4-13-29)28-25(32)27-20-7-5-6-19(26)16-20/h5-9,16-18H,2-4,10-15H2,1H3,(H2,27,28,32). The Morgan fingerprint density at radius 2 is 1.59 bits per heavy atom. The summed E-state index contributed by atoms with van der Waals surface area (Å²) in [5.74, 6) is 0.240. The lowest BCUT2D eigenvalue weighted by Crippen LogP contribution is -2.39. The SMILES string of the molecule is CC1CCN(C(=O)c2cc(NC(=O)Nc3cccc(F)c3)ccc2N2CCCCC2)CC1. The zero-order chi connectivity index (χ0) is 22.5.